The van der Waals surface area contributed by atoms with Gasteiger partial charge in [-0.3, -0.25) is 4.79 Å². The van der Waals surface area contributed by atoms with E-state index in [4.69, 9.17) is 4.98 Å². The number of aryl methyl sites for hydroxylation is 1. The van der Waals surface area contributed by atoms with Gasteiger partial charge >= 0.3 is 0 Å². The molecule has 0 unspecified atom stereocenters. The van der Waals surface area contributed by atoms with Crippen molar-refractivity contribution in [1.82, 2.24) is 14.5 Å². The van der Waals surface area contributed by atoms with Crippen molar-refractivity contribution in [2.45, 2.75) is 51.5 Å². The number of fused-ring (bicyclic) bond motifs is 1. The molecular weight excluding hydrogens is 425 g/mol. The van der Waals surface area contributed by atoms with Crippen LogP contribution in [0, 0.1) is 24.1 Å². The van der Waals surface area contributed by atoms with E-state index >= 15 is 0 Å². The summed E-state index contributed by atoms with van der Waals surface area (Å²) in [5.41, 5.74) is 1.45. The Morgan fingerprint density at radius 2 is 1.75 bits per heavy atom. The van der Waals surface area contributed by atoms with E-state index in [0.29, 0.717) is 38.8 Å². The maximum absolute atomic E-state index is 13.8. The monoisotopic (exact) mass is 453 g/mol. The molecule has 0 saturated carbocycles. The van der Waals surface area contributed by atoms with Gasteiger partial charge in [0.05, 0.1) is 16.8 Å². The van der Waals surface area contributed by atoms with Crippen LogP contribution in [0.5, 0.6) is 0 Å². The second-order valence-corrected chi connectivity index (χ2v) is 8.43. The number of rotatable bonds is 9. The zero-order valence-corrected chi connectivity index (χ0v) is 19.8. The maximum atomic E-state index is 13.8. The van der Waals surface area contributed by atoms with Gasteiger partial charge in [-0.05, 0) is 50.3 Å². The fraction of sp³-hybridized carbons (Fsp3) is 0.417. The van der Waals surface area contributed by atoms with Crippen LogP contribution in [0.2, 0.25) is 0 Å². The highest BCUT2D eigenvalue weighted by Gasteiger charge is 2.23. The molecule has 0 aliphatic carbocycles. The van der Waals surface area contributed by atoms with Crippen molar-refractivity contribution in [2.24, 2.45) is 0 Å². The minimum atomic E-state index is -0.375. The molecule has 8 heteroatoms. The number of benzene rings is 1. The van der Waals surface area contributed by atoms with Crippen LogP contribution < -0.4 is 10.5 Å². The first-order valence-corrected chi connectivity index (χ1v) is 12.1. The second kappa shape index (κ2) is 10.6. The second-order valence-electron chi connectivity index (χ2n) is 7.64. The van der Waals surface area contributed by atoms with Crippen LogP contribution in [-0.4, -0.2) is 33.9 Å². The van der Waals surface area contributed by atoms with E-state index < -0.39 is 0 Å². The van der Waals surface area contributed by atoms with E-state index in [-0.39, 0.29) is 11.4 Å². The Morgan fingerprint density at radius 1 is 1.12 bits per heavy atom. The molecule has 168 valence electrons. The Morgan fingerprint density at radius 3 is 2.28 bits per heavy atom. The first kappa shape index (κ1) is 23.7. The molecule has 2 heterocycles. The number of halogens is 1. The van der Waals surface area contributed by atoms with E-state index in [1.54, 1.807) is 19.1 Å². The van der Waals surface area contributed by atoms with Gasteiger partial charge in [0.1, 0.15) is 28.0 Å². The smallest absolute Gasteiger partial charge is 0.269 e. The minimum absolute atomic E-state index is 0.302. The average molecular weight is 454 g/mol. The lowest BCUT2D eigenvalue weighted by Crippen LogP contribution is -2.34. The summed E-state index contributed by atoms with van der Waals surface area (Å²) in [5, 5.41) is 10.7. The normalized spacial score (nSPS) is 11.0. The molecule has 0 aliphatic heterocycles. The highest BCUT2D eigenvalue weighted by atomic mass is 32.2. The predicted molar refractivity (Wildman–Crippen MR) is 128 cm³/mol. The molecule has 0 amide bonds. The molecule has 1 aromatic carbocycles. The molecule has 0 atom stereocenters. The van der Waals surface area contributed by atoms with Gasteiger partial charge in [-0.1, -0.05) is 26.7 Å². The molecule has 0 aliphatic rings. The molecular formula is C24H28FN5OS. The van der Waals surface area contributed by atoms with Crippen molar-refractivity contribution in [2.75, 3.05) is 24.2 Å². The van der Waals surface area contributed by atoms with E-state index in [9.17, 15) is 14.4 Å². The van der Waals surface area contributed by atoms with Crippen molar-refractivity contribution >= 4 is 28.6 Å². The number of anilines is 1. The lowest BCUT2D eigenvalue weighted by Gasteiger charge is -2.27. The topological polar surface area (TPSA) is 74.8 Å². The summed E-state index contributed by atoms with van der Waals surface area (Å²) in [6.07, 6.45) is 5.74. The first-order chi connectivity index (χ1) is 15.5. The molecule has 0 bridgehead atoms. The maximum Gasteiger partial charge on any atom is 0.269 e. The van der Waals surface area contributed by atoms with Gasteiger partial charge < -0.3 is 4.90 Å². The number of pyridine rings is 1. The van der Waals surface area contributed by atoms with Gasteiger partial charge in [0.15, 0.2) is 0 Å². The van der Waals surface area contributed by atoms with Gasteiger partial charge in [0.2, 0.25) is 5.95 Å². The standard InChI is InChI=1S/C24H28FN5OS/c1-5-7-13-29(14-8-6-2)24-28-21-19(15-26)22(32-4)27-16(3)20(21)23(31)30(24)18-11-9-17(25)10-12-18/h9-12H,5-8,13-14H2,1-4H3. The summed E-state index contributed by atoms with van der Waals surface area (Å²) in [6, 6.07) is 8.03. The van der Waals surface area contributed by atoms with E-state index in [1.165, 1.54) is 28.5 Å². The Balaban J connectivity index is 2.42. The summed E-state index contributed by atoms with van der Waals surface area (Å²) in [4.78, 5) is 25.3. The molecule has 32 heavy (non-hydrogen) atoms. The Hall–Kier alpha value is -2.92. The molecule has 6 nitrogen and oxygen atoms in total. The van der Waals surface area contributed by atoms with Gasteiger partial charge in [0.25, 0.3) is 5.56 Å². The molecule has 0 spiro atoms. The number of hydrogen-bond acceptors (Lipinski definition) is 6. The SMILES string of the molecule is CCCCN(CCCC)c1nc2c(C#N)c(SC)nc(C)c2c(=O)n1-c1ccc(F)cc1. The highest BCUT2D eigenvalue weighted by molar-refractivity contribution is 7.98. The number of nitriles is 1. The Labute approximate surface area is 192 Å². The highest BCUT2D eigenvalue weighted by Crippen LogP contribution is 2.28. The molecule has 3 rings (SSSR count). The molecule has 0 radical (unpaired) electrons. The quantitative estimate of drug-likeness (QED) is 0.413. The molecule has 0 N–H and O–H groups in total. The van der Waals surface area contributed by atoms with Crippen LogP contribution >= 0.6 is 11.8 Å². The third-order valence-corrected chi connectivity index (χ3v) is 6.07. The lowest BCUT2D eigenvalue weighted by atomic mass is 10.1. The number of unbranched alkanes of at least 4 members (excludes halogenated alkanes) is 2. The number of nitrogens with zero attached hydrogens (tertiary/aromatic N) is 5. The molecule has 0 fully saturated rings. The van der Waals surface area contributed by atoms with E-state index in [2.05, 4.69) is 29.8 Å². The van der Waals surface area contributed by atoms with Crippen LogP contribution in [0.3, 0.4) is 0 Å². The van der Waals surface area contributed by atoms with Crippen LogP contribution in [0.1, 0.15) is 50.8 Å². The van der Waals surface area contributed by atoms with Gasteiger partial charge in [-0.25, -0.2) is 18.9 Å². The number of aromatic nitrogens is 3. The average Bonchev–Trinajstić information content (AvgIpc) is 2.79. The largest absolute Gasteiger partial charge is 0.342 e. The third kappa shape index (κ3) is 4.63. The molecule has 3 aromatic rings. The summed E-state index contributed by atoms with van der Waals surface area (Å²) in [5.74, 6) is 0.102. The van der Waals surface area contributed by atoms with Crippen LogP contribution in [-0.2, 0) is 0 Å². The number of hydrogen-bond donors (Lipinski definition) is 0. The van der Waals surface area contributed by atoms with E-state index in [0.717, 1.165) is 38.8 Å². The molecule has 2 aromatic heterocycles. The van der Waals surface area contributed by atoms with Gasteiger partial charge in [0, 0.05) is 13.1 Å². The van der Waals surface area contributed by atoms with Crippen LogP contribution in [0.25, 0.3) is 16.6 Å². The van der Waals surface area contributed by atoms with Crippen molar-refractivity contribution in [1.29, 1.82) is 5.26 Å². The van der Waals surface area contributed by atoms with Crippen molar-refractivity contribution < 1.29 is 4.39 Å². The number of thioether (sulfide) groups is 1. The van der Waals surface area contributed by atoms with Gasteiger partial charge in [-0.2, -0.15) is 5.26 Å². The lowest BCUT2D eigenvalue weighted by molar-refractivity contribution is 0.626. The summed E-state index contributed by atoms with van der Waals surface area (Å²) in [7, 11) is 0. The zero-order chi connectivity index (χ0) is 23.3. The molecule has 0 saturated heterocycles. The fourth-order valence-corrected chi connectivity index (χ4v) is 4.25. The third-order valence-electron chi connectivity index (χ3n) is 5.38. The van der Waals surface area contributed by atoms with Crippen molar-refractivity contribution in [3.8, 4) is 11.8 Å². The van der Waals surface area contributed by atoms with Crippen LogP contribution in [0.4, 0.5) is 10.3 Å². The van der Waals surface area contributed by atoms with Crippen molar-refractivity contribution in [3.05, 3.63) is 51.7 Å². The summed E-state index contributed by atoms with van der Waals surface area (Å²) in [6.45, 7) is 7.46. The summed E-state index contributed by atoms with van der Waals surface area (Å²) < 4.78 is 15.2. The summed E-state index contributed by atoms with van der Waals surface area (Å²) >= 11 is 1.36. The fourth-order valence-electron chi connectivity index (χ4n) is 3.68. The first-order valence-electron chi connectivity index (χ1n) is 10.9. The van der Waals surface area contributed by atoms with Crippen LogP contribution in [0.15, 0.2) is 34.1 Å². The Kier molecular flexibility index (Phi) is 7.86. The Bertz CT molecular complexity index is 1190. The predicted octanol–water partition coefficient (Wildman–Crippen LogP) is 5.23. The van der Waals surface area contributed by atoms with Crippen molar-refractivity contribution in [3.63, 3.8) is 0 Å². The zero-order valence-electron chi connectivity index (χ0n) is 19.0. The minimum Gasteiger partial charge on any atom is -0.342 e. The van der Waals surface area contributed by atoms with Gasteiger partial charge in [-0.15, -0.1) is 11.8 Å². The van der Waals surface area contributed by atoms with E-state index in [1.807, 2.05) is 6.26 Å².